The highest BCUT2D eigenvalue weighted by atomic mass is 28.3. The standard InChI is InChI=1S/C18H25N3O3Si/c1-25(2,3)9-8-24-12-21-7-6-14-10-16(19-11-15(14)18(21)23)20-17(22)13-4-5-13/h6-7,10-11,13H,4-5,8-9,12H2,1-3H3,(H,19,20,22). The number of aromatic nitrogens is 2. The van der Waals surface area contributed by atoms with E-state index in [1.807, 2.05) is 6.07 Å². The molecule has 1 aliphatic rings. The topological polar surface area (TPSA) is 73.2 Å². The molecule has 0 saturated heterocycles. The Morgan fingerprint density at radius 3 is 2.84 bits per heavy atom. The molecule has 1 fully saturated rings. The van der Waals surface area contributed by atoms with E-state index in [2.05, 4.69) is 29.9 Å². The molecule has 25 heavy (non-hydrogen) atoms. The van der Waals surface area contributed by atoms with Crippen LogP contribution in [-0.2, 0) is 16.3 Å². The third-order valence-electron chi connectivity index (χ3n) is 4.29. The van der Waals surface area contributed by atoms with Gasteiger partial charge >= 0.3 is 0 Å². The third kappa shape index (κ3) is 4.76. The van der Waals surface area contributed by atoms with E-state index in [-0.39, 0.29) is 24.1 Å². The van der Waals surface area contributed by atoms with Crippen molar-refractivity contribution in [2.75, 3.05) is 11.9 Å². The highest BCUT2D eigenvalue weighted by molar-refractivity contribution is 6.76. The molecule has 1 amide bonds. The lowest BCUT2D eigenvalue weighted by Gasteiger charge is -2.16. The predicted molar refractivity (Wildman–Crippen MR) is 101 cm³/mol. The van der Waals surface area contributed by atoms with Crippen LogP contribution in [0.25, 0.3) is 10.8 Å². The second-order valence-electron chi connectivity index (χ2n) is 7.86. The number of nitrogens with one attached hydrogen (secondary N) is 1. The first-order valence-electron chi connectivity index (χ1n) is 8.71. The van der Waals surface area contributed by atoms with Crippen LogP contribution >= 0.6 is 0 Å². The fourth-order valence-electron chi connectivity index (χ4n) is 2.47. The summed E-state index contributed by atoms with van der Waals surface area (Å²) in [5.41, 5.74) is -0.127. The average Bonchev–Trinajstić information content (AvgIpc) is 3.37. The summed E-state index contributed by atoms with van der Waals surface area (Å²) in [7, 11) is -1.13. The second-order valence-corrected chi connectivity index (χ2v) is 13.5. The van der Waals surface area contributed by atoms with Gasteiger partial charge in [0.25, 0.3) is 5.56 Å². The number of rotatable bonds is 7. The van der Waals surface area contributed by atoms with Gasteiger partial charge in [0.1, 0.15) is 12.5 Å². The van der Waals surface area contributed by atoms with Gasteiger partial charge in [-0.25, -0.2) is 4.98 Å². The van der Waals surface area contributed by atoms with Gasteiger partial charge in [0.15, 0.2) is 0 Å². The average molecular weight is 360 g/mol. The van der Waals surface area contributed by atoms with Crippen molar-refractivity contribution in [1.82, 2.24) is 9.55 Å². The number of pyridine rings is 2. The number of fused-ring (bicyclic) bond motifs is 1. The third-order valence-corrected chi connectivity index (χ3v) is 5.99. The van der Waals surface area contributed by atoms with Crippen LogP contribution < -0.4 is 10.9 Å². The van der Waals surface area contributed by atoms with Gasteiger partial charge in [0, 0.05) is 33.0 Å². The number of ether oxygens (including phenoxy) is 1. The molecule has 0 atom stereocenters. The van der Waals surface area contributed by atoms with E-state index < -0.39 is 8.07 Å². The Morgan fingerprint density at radius 1 is 1.40 bits per heavy atom. The maximum Gasteiger partial charge on any atom is 0.261 e. The van der Waals surface area contributed by atoms with Crippen molar-refractivity contribution < 1.29 is 9.53 Å². The van der Waals surface area contributed by atoms with E-state index in [1.165, 1.54) is 6.20 Å². The van der Waals surface area contributed by atoms with Crippen LogP contribution in [-0.4, -0.2) is 30.1 Å². The van der Waals surface area contributed by atoms with Crippen molar-refractivity contribution in [2.24, 2.45) is 5.92 Å². The van der Waals surface area contributed by atoms with Gasteiger partial charge in [-0.2, -0.15) is 0 Å². The minimum Gasteiger partial charge on any atom is -0.361 e. The number of nitrogens with zero attached hydrogens (tertiary/aromatic N) is 2. The summed E-state index contributed by atoms with van der Waals surface area (Å²) < 4.78 is 7.21. The van der Waals surface area contributed by atoms with Crippen molar-refractivity contribution >= 4 is 30.6 Å². The lowest BCUT2D eigenvalue weighted by atomic mass is 10.2. The largest absolute Gasteiger partial charge is 0.361 e. The molecule has 3 rings (SSSR count). The summed E-state index contributed by atoms with van der Waals surface area (Å²) in [6.07, 6.45) is 5.15. The minimum absolute atomic E-state index is 0.0102. The van der Waals surface area contributed by atoms with Crippen molar-refractivity contribution in [1.29, 1.82) is 0 Å². The van der Waals surface area contributed by atoms with Crippen molar-refractivity contribution in [3.63, 3.8) is 0 Å². The van der Waals surface area contributed by atoms with Crippen molar-refractivity contribution in [2.45, 2.75) is 45.3 Å². The molecule has 134 valence electrons. The van der Waals surface area contributed by atoms with Gasteiger partial charge in [0.05, 0.1) is 5.39 Å². The quantitative estimate of drug-likeness (QED) is 0.609. The Kier molecular flexibility index (Phi) is 5.05. The maximum atomic E-state index is 12.5. The molecule has 6 nitrogen and oxygen atoms in total. The van der Waals surface area contributed by atoms with Crippen LogP contribution in [0.4, 0.5) is 5.82 Å². The Hall–Kier alpha value is -1.99. The molecular formula is C18H25N3O3Si. The van der Waals surface area contributed by atoms with Crippen LogP contribution in [0.5, 0.6) is 0 Å². The number of amides is 1. The molecular weight excluding hydrogens is 334 g/mol. The highest BCUT2D eigenvalue weighted by Crippen LogP contribution is 2.30. The van der Waals surface area contributed by atoms with Crippen molar-refractivity contribution in [3.05, 3.63) is 34.9 Å². The summed E-state index contributed by atoms with van der Waals surface area (Å²) in [5, 5.41) is 4.10. The minimum atomic E-state index is -1.13. The predicted octanol–water partition coefficient (Wildman–Crippen LogP) is 3.06. The monoisotopic (exact) mass is 359 g/mol. The van der Waals surface area contributed by atoms with E-state index in [4.69, 9.17) is 4.74 Å². The molecule has 2 heterocycles. The summed E-state index contributed by atoms with van der Waals surface area (Å²) in [5.74, 6) is 0.628. The van der Waals surface area contributed by atoms with Gasteiger partial charge in [0.2, 0.25) is 5.91 Å². The molecule has 0 aromatic carbocycles. The number of carbonyl (C=O) groups is 1. The fraction of sp³-hybridized carbons (Fsp3) is 0.500. The van der Waals surface area contributed by atoms with E-state index >= 15 is 0 Å². The molecule has 1 aliphatic carbocycles. The number of hydrogen-bond donors (Lipinski definition) is 1. The Bertz CT molecular complexity index is 838. The van der Waals surface area contributed by atoms with Crippen molar-refractivity contribution in [3.8, 4) is 0 Å². The molecule has 7 heteroatoms. The first-order valence-corrected chi connectivity index (χ1v) is 12.4. The molecule has 1 saturated carbocycles. The Balaban J connectivity index is 1.69. The second kappa shape index (κ2) is 7.09. The van der Waals surface area contributed by atoms with Gasteiger partial charge < -0.3 is 10.1 Å². The molecule has 2 aromatic rings. The zero-order chi connectivity index (χ0) is 18.0. The summed E-state index contributed by atoms with van der Waals surface area (Å²) in [6, 6.07) is 4.67. The first kappa shape index (κ1) is 17.8. The normalized spacial score (nSPS) is 14.7. The molecule has 0 bridgehead atoms. The van der Waals surface area contributed by atoms with Crippen LogP contribution in [0.1, 0.15) is 12.8 Å². The fourth-order valence-corrected chi connectivity index (χ4v) is 3.22. The number of hydrogen-bond acceptors (Lipinski definition) is 4. The molecule has 0 radical (unpaired) electrons. The summed E-state index contributed by atoms with van der Waals surface area (Å²) >= 11 is 0. The van der Waals surface area contributed by atoms with E-state index in [0.29, 0.717) is 17.8 Å². The van der Waals surface area contributed by atoms with Gasteiger partial charge in [-0.1, -0.05) is 19.6 Å². The zero-order valence-corrected chi connectivity index (χ0v) is 16.0. The lowest BCUT2D eigenvalue weighted by molar-refractivity contribution is -0.117. The van der Waals surface area contributed by atoms with Gasteiger partial charge in [-0.3, -0.25) is 14.2 Å². The highest BCUT2D eigenvalue weighted by Gasteiger charge is 2.29. The SMILES string of the molecule is C[Si](C)(C)CCOCn1ccc2cc(NC(=O)C3CC3)ncc2c1=O. The lowest BCUT2D eigenvalue weighted by Crippen LogP contribution is -2.24. The summed E-state index contributed by atoms with van der Waals surface area (Å²) in [4.78, 5) is 28.6. The van der Waals surface area contributed by atoms with Gasteiger partial charge in [-0.05, 0) is 36.4 Å². The molecule has 0 unspecified atom stereocenters. The van der Waals surface area contributed by atoms with E-state index in [0.717, 1.165) is 24.3 Å². The molecule has 0 spiro atoms. The molecule has 1 N–H and O–H groups in total. The van der Waals surface area contributed by atoms with Crippen LogP contribution in [0, 0.1) is 5.92 Å². The number of anilines is 1. The molecule has 2 aromatic heterocycles. The van der Waals surface area contributed by atoms with Crippen LogP contribution in [0.15, 0.2) is 29.3 Å². The van der Waals surface area contributed by atoms with Gasteiger partial charge in [-0.15, -0.1) is 0 Å². The first-order chi connectivity index (χ1) is 11.8. The maximum absolute atomic E-state index is 12.5. The Labute approximate surface area is 148 Å². The smallest absolute Gasteiger partial charge is 0.261 e. The molecule has 0 aliphatic heterocycles. The summed E-state index contributed by atoms with van der Waals surface area (Å²) in [6.45, 7) is 7.81. The Morgan fingerprint density at radius 2 is 2.16 bits per heavy atom. The van der Waals surface area contributed by atoms with E-state index in [9.17, 15) is 9.59 Å². The van der Waals surface area contributed by atoms with Crippen LogP contribution in [0.3, 0.4) is 0 Å². The van der Waals surface area contributed by atoms with Crippen LogP contribution in [0.2, 0.25) is 25.7 Å². The number of carbonyl (C=O) groups excluding carboxylic acids is 1. The van der Waals surface area contributed by atoms with E-state index in [1.54, 1.807) is 16.8 Å². The zero-order valence-electron chi connectivity index (χ0n) is 15.0.